The number of hydrogen-bond acceptors (Lipinski definition) is 4. The third-order valence-electron chi connectivity index (χ3n) is 4.75. The number of rotatable bonds is 19. The Morgan fingerprint density at radius 1 is 0.767 bits per heavy atom. The number of carbonyl (C=O) groups is 2. The first-order valence-corrected chi connectivity index (χ1v) is 11.6. The molecule has 170 valence electrons. The summed E-state index contributed by atoms with van der Waals surface area (Å²) in [6.07, 6.45) is 22.5. The molecule has 0 rings (SSSR count). The standard InChI is InChI=1S/C22H42O2.C3H4O2.Na/c1-4-5-6-7-8-9-10-11-12-13-14-15-16-17-18-19-20-24-22(23)21(2)3;1-2-3(4)5;/h2,4-20H2,1,3H3;2H,1H2,(H,4,5);/q;;+1/p-1. The molecule has 0 saturated carbocycles. The molecule has 0 unspecified atom stereocenters. The van der Waals surface area contributed by atoms with E-state index < -0.39 is 5.97 Å². The molecule has 0 aromatic heterocycles. The summed E-state index contributed by atoms with van der Waals surface area (Å²) in [6, 6.07) is 0. The maximum Gasteiger partial charge on any atom is 1.00 e. The molecule has 0 bridgehead atoms. The Labute approximate surface area is 208 Å². The van der Waals surface area contributed by atoms with Gasteiger partial charge in [0.25, 0.3) is 0 Å². The quantitative estimate of drug-likeness (QED) is 0.136. The zero-order chi connectivity index (χ0) is 22.2. The number of aliphatic carboxylic acids is 1. The van der Waals surface area contributed by atoms with Crippen molar-refractivity contribution < 1.29 is 49.0 Å². The third kappa shape index (κ3) is 32.1. The Balaban J connectivity index is -0.00000108. The van der Waals surface area contributed by atoms with Crippen molar-refractivity contribution in [2.75, 3.05) is 6.61 Å². The van der Waals surface area contributed by atoms with Crippen molar-refractivity contribution in [1.82, 2.24) is 0 Å². The molecule has 0 amide bonds. The predicted molar refractivity (Wildman–Crippen MR) is 121 cm³/mol. The van der Waals surface area contributed by atoms with Crippen LogP contribution in [0.25, 0.3) is 0 Å². The van der Waals surface area contributed by atoms with Gasteiger partial charge in [-0.25, -0.2) is 4.79 Å². The summed E-state index contributed by atoms with van der Waals surface area (Å²) in [6.45, 7) is 11.0. The van der Waals surface area contributed by atoms with Crippen molar-refractivity contribution in [2.24, 2.45) is 0 Å². The van der Waals surface area contributed by atoms with Gasteiger partial charge in [-0.05, 0) is 19.4 Å². The number of esters is 1. The number of hydrogen-bond donors (Lipinski definition) is 0. The van der Waals surface area contributed by atoms with Gasteiger partial charge in [-0.2, -0.15) is 0 Å². The molecule has 0 aromatic rings. The fourth-order valence-corrected chi connectivity index (χ4v) is 2.94. The molecule has 0 aliphatic heterocycles. The van der Waals surface area contributed by atoms with Crippen molar-refractivity contribution in [3.05, 3.63) is 24.8 Å². The second kappa shape index (κ2) is 28.4. The van der Waals surface area contributed by atoms with E-state index >= 15 is 0 Å². The Hall–Kier alpha value is -0.580. The molecule has 0 fully saturated rings. The Morgan fingerprint density at radius 3 is 1.33 bits per heavy atom. The second-order valence-corrected chi connectivity index (χ2v) is 7.74. The zero-order valence-corrected chi connectivity index (χ0v) is 22.1. The molecule has 0 radical (unpaired) electrons. The molecule has 0 aromatic carbocycles. The molecule has 0 atom stereocenters. The van der Waals surface area contributed by atoms with E-state index in [1.54, 1.807) is 6.92 Å². The SMILES string of the molecule is C=C(C)C(=O)OCCCCCCCCCCCCCCCCCC.C=CC(=O)[O-].[Na+]. The van der Waals surface area contributed by atoms with Gasteiger partial charge in [-0.15, -0.1) is 0 Å². The monoisotopic (exact) mass is 432 g/mol. The molecule has 0 N–H and O–H groups in total. The Kier molecular flexibility index (Phi) is 32.2. The van der Waals surface area contributed by atoms with Crippen LogP contribution in [-0.4, -0.2) is 18.5 Å². The Bertz CT molecular complexity index is 421. The van der Waals surface area contributed by atoms with Crippen molar-refractivity contribution in [3.63, 3.8) is 0 Å². The van der Waals surface area contributed by atoms with Gasteiger partial charge < -0.3 is 14.6 Å². The zero-order valence-electron chi connectivity index (χ0n) is 20.1. The summed E-state index contributed by atoms with van der Waals surface area (Å²) in [5.74, 6) is -1.49. The second-order valence-electron chi connectivity index (χ2n) is 7.74. The van der Waals surface area contributed by atoms with Gasteiger partial charge >= 0.3 is 35.5 Å². The van der Waals surface area contributed by atoms with Gasteiger partial charge in [-0.3, -0.25) is 0 Å². The average molecular weight is 433 g/mol. The van der Waals surface area contributed by atoms with Gasteiger partial charge in [0.05, 0.1) is 12.6 Å². The van der Waals surface area contributed by atoms with Crippen molar-refractivity contribution in [2.45, 2.75) is 117 Å². The molecule has 0 aliphatic rings. The first kappa shape index (κ1) is 34.0. The number of ether oxygens (including phenoxy) is 1. The maximum atomic E-state index is 11.2. The van der Waals surface area contributed by atoms with E-state index in [0.29, 0.717) is 12.2 Å². The van der Waals surface area contributed by atoms with Crippen LogP contribution < -0.4 is 34.7 Å². The Morgan fingerprint density at radius 2 is 1.07 bits per heavy atom. The normalized spacial score (nSPS) is 9.67. The largest absolute Gasteiger partial charge is 1.00 e. The van der Waals surface area contributed by atoms with E-state index in [0.717, 1.165) is 12.5 Å². The van der Waals surface area contributed by atoms with Gasteiger partial charge in [0, 0.05) is 5.57 Å². The van der Waals surface area contributed by atoms with Gasteiger partial charge in [0.2, 0.25) is 0 Å². The summed E-state index contributed by atoms with van der Waals surface area (Å²) < 4.78 is 5.08. The van der Waals surface area contributed by atoms with Crippen LogP contribution >= 0.6 is 0 Å². The maximum absolute atomic E-state index is 11.2. The average Bonchev–Trinajstić information content (AvgIpc) is 2.70. The van der Waals surface area contributed by atoms with Gasteiger partial charge in [-0.1, -0.05) is 116 Å². The number of carboxylic acids is 1. The molecular formula is C25H45NaO4. The predicted octanol–water partition coefficient (Wildman–Crippen LogP) is 3.29. The molecule has 0 heterocycles. The van der Waals surface area contributed by atoms with Crippen LogP contribution in [0, 0.1) is 0 Å². The molecule has 30 heavy (non-hydrogen) atoms. The summed E-state index contributed by atoms with van der Waals surface area (Å²) in [5, 5.41) is 9.14. The van der Waals surface area contributed by atoms with Gasteiger partial charge in [0.1, 0.15) is 0 Å². The smallest absolute Gasteiger partial charge is 0.545 e. The molecule has 0 aliphatic carbocycles. The first-order chi connectivity index (χ1) is 14.0. The van der Waals surface area contributed by atoms with Crippen LogP contribution in [0.2, 0.25) is 0 Å². The molecule has 0 spiro atoms. The van der Waals surface area contributed by atoms with E-state index in [9.17, 15) is 4.79 Å². The minimum Gasteiger partial charge on any atom is -0.545 e. The molecule has 0 saturated heterocycles. The molecule has 4 nitrogen and oxygen atoms in total. The van der Waals surface area contributed by atoms with Crippen LogP contribution in [0.3, 0.4) is 0 Å². The van der Waals surface area contributed by atoms with Crippen LogP contribution in [0.5, 0.6) is 0 Å². The minimum absolute atomic E-state index is 0. The molecule has 5 heteroatoms. The summed E-state index contributed by atoms with van der Waals surface area (Å²) in [4.78, 5) is 20.3. The van der Waals surface area contributed by atoms with E-state index in [1.807, 2.05) is 0 Å². The van der Waals surface area contributed by atoms with E-state index in [2.05, 4.69) is 20.1 Å². The van der Waals surface area contributed by atoms with E-state index in [4.69, 9.17) is 14.6 Å². The van der Waals surface area contributed by atoms with E-state index in [-0.39, 0.29) is 35.5 Å². The van der Waals surface area contributed by atoms with E-state index in [1.165, 1.54) is 96.3 Å². The third-order valence-corrected chi connectivity index (χ3v) is 4.75. The van der Waals surface area contributed by atoms with Crippen LogP contribution in [-0.2, 0) is 14.3 Å². The van der Waals surface area contributed by atoms with Crippen molar-refractivity contribution >= 4 is 11.9 Å². The molecular weight excluding hydrogens is 387 g/mol. The van der Waals surface area contributed by atoms with Crippen molar-refractivity contribution in [3.8, 4) is 0 Å². The van der Waals surface area contributed by atoms with Crippen molar-refractivity contribution in [1.29, 1.82) is 0 Å². The first-order valence-electron chi connectivity index (χ1n) is 11.6. The van der Waals surface area contributed by atoms with Crippen LogP contribution in [0.15, 0.2) is 24.8 Å². The summed E-state index contributed by atoms with van der Waals surface area (Å²) >= 11 is 0. The summed E-state index contributed by atoms with van der Waals surface area (Å²) in [7, 11) is 0. The van der Waals surface area contributed by atoms with Gasteiger partial charge in [0.15, 0.2) is 0 Å². The summed E-state index contributed by atoms with van der Waals surface area (Å²) in [5.41, 5.74) is 0.492. The number of unbranched alkanes of at least 4 members (excludes halogenated alkanes) is 15. The van der Waals surface area contributed by atoms with Crippen LogP contribution in [0.4, 0.5) is 0 Å². The minimum atomic E-state index is -1.23. The fraction of sp³-hybridized carbons (Fsp3) is 0.760. The number of carboxylic acid groups (broad SMARTS) is 1. The fourth-order valence-electron chi connectivity index (χ4n) is 2.94. The topological polar surface area (TPSA) is 66.4 Å². The van der Waals surface area contributed by atoms with Crippen LogP contribution in [0.1, 0.15) is 117 Å². The number of carbonyl (C=O) groups excluding carboxylic acids is 2.